The van der Waals surface area contributed by atoms with Gasteiger partial charge in [0.15, 0.2) is 11.5 Å². The molecule has 7 heteroatoms. The Morgan fingerprint density at radius 1 is 1.07 bits per heavy atom. The highest BCUT2D eigenvalue weighted by Crippen LogP contribution is 2.48. The summed E-state index contributed by atoms with van der Waals surface area (Å²) in [6.07, 6.45) is 3.71. The summed E-state index contributed by atoms with van der Waals surface area (Å²) in [5, 5.41) is 10.5. The first kappa shape index (κ1) is 20.9. The van der Waals surface area contributed by atoms with Crippen LogP contribution in [0.1, 0.15) is 63.5 Å². The molecule has 1 aliphatic rings. The molecule has 2 rings (SSSR count). The lowest BCUT2D eigenvalue weighted by atomic mass is 9.90. The van der Waals surface area contributed by atoms with E-state index in [4.69, 9.17) is 18.9 Å². The van der Waals surface area contributed by atoms with Crippen molar-refractivity contribution in [2.24, 2.45) is 0 Å². The first-order valence-corrected chi connectivity index (χ1v) is 9.33. The molecule has 1 aliphatic heterocycles. The minimum Gasteiger partial charge on any atom is -0.502 e. The SMILES string of the molecule is CCCCc1c(C2(CCCC)OC(=O)CC(=O)O2)cc(OC)c(O)c1OC. The minimum atomic E-state index is -1.54. The molecule has 0 spiro atoms. The number of methoxy groups -OCH3 is 2. The number of hydrogen-bond acceptors (Lipinski definition) is 7. The van der Waals surface area contributed by atoms with Crippen molar-refractivity contribution in [2.45, 2.75) is 64.6 Å². The molecule has 0 saturated carbocycles. The van der Waals surface area contributed by atoms with E-state index in [2.05, 4.69) is 0 Å². The molecule has 0 unspecified atom stereocenters. The second kappa shape index (κ2) is 8.97. The maximum absolute atomic E-state index is 12.1. The highest BCUT2D eigenvalue weighted by Gasteiger charge is 2.47. The van der Waals surface area contributed by atoms with Gasteiger partial charge in [-0.15, -0.1) is 0 Å². The fourth-order valence-corrected chi connectivity index (χ4v) is 3.32. The number of carbonyl (C=O) groups excluding carboxylic acids is 2. The summed E-state index contributed by atoms with van der Waals surface area (Å²) in [4.78, 5) is 24.2. The topological polar surface area (TPSA) is 91.3 Å². The molecule has 0 aliphatic carbocycles. The monoisotopic (exact) mass is 380 g/mol. The molecule has 150 valence electrons. The maximum atomic E-state index is 12.1. The highest BCUT2D eigenvalue weighted by molar-refractivity contribution is 5.93. The number of carbonyl (C=O) groups is 2. The third-order valence-corrected chi connectivity index (χ3v) is 4.64. The number of aromatic hydroxyl groups is 1. The molecular formula is C20H28O7. The van der Waals surface area contributed by atoms with Crippen LogP contribution < -0.4 is 9.47 Å². The van der Waals surface area contributed by atoms with Crippen molar-refractivity contribution in [3.63, 3.8) is 0 Å². The van der Waals surface area contributed by atoms with Crippen LogP contribution in [0, 0.1) is 0 Å². The Hall–Kier alpha value is -2.44. The van der Waals surface area contributed by atoms with Gasteiger partial charge in [-0.2, -0.15) is 0 Å². The van der Waals surface area contributed by atoms with E-state index in [9.17, 15) is 14.7 Å². The summed E-state index contributed by atoms with van der Waals surface area (Å²) >= 11 is 0. The number of unbranched alkanes of at least 4 members (excludes halogenated alkanes) is 2. The number of phenolic OH excluding ortho intramolecular Hbond substituents is 1. The van der Waals surface area contributed by atoms with E-state index < -0.39 is 24.1 Å². The molecule has 7 nitrogen and oxygen atoms in total. The zero-order valence-corrected chi connectivity index (χ0v) is 16.4. The van der Waals surface area contributed by atoms with Gasteiger partial charge in [0.25, 0.3) is 5.79 Å². The Morgan fingerprint density at radius 3 is 2.22 bits per heavy atom. The van der Waals surface area contributed by atoms with Crippen LogP contribution in [-0.2, 0) is 31.3 Å². The van der Waals surface area contributed by atoms with Crippen molar-refractivity contribution < 1.29 is 33.6 Å². The third-order valence-electron chi connectivity index (χ3n) is 4.64. The van der Waals surface area contributed by atoms with Crippen molar-refractivity contribution in [1.29, 1.82) is 0 Å². The van der Waals surface area contributed by atoms with Gasteiger partial charge < -0.3 is 24.1 Å². The van der Waals surface area contributed by atoms with Crippen molar-refractivity contribution in [3.8, 4) is 17.2 Å². The van der Waals surface area contributed by atoms with Gasteiger partial charge in [0.05, 0.1) is 14.2 Å². The Balaban J connectivity index is 2.71. The Morgan fingerprint density at radius 2 is 1.70 bits per heavy atom. The predicted molar refractivity (Wildman–Crippen MR) is 97.8 cm³/mol. The van der Waals surface area contributed by atoms with E-state index in [0.717, 1.165) is 19.3 Å². The largest absolute Gasteiger partial charge is 0.502 e. The van der Waals surface area contributed by atoms with Gasteiger partial charge in [0.1, 0.15) is 6.42 Å². The second-order valence-electron chi connectivity index (χ2n) is 6.57. The smallest absolute Gasteiger partial charge is 0.320 e. The van der Waals surface area contributed by atoms with E-state index in [1.807, 2.05) is 13.8 Å². The molecule has 0 amide bonds. The van der Waals surface area contributed by atoms with E-state index >= 15 is 0 Å². The molecule has 1 fully saturated rings. The zero-order valence-electron chi connectivity index (χ0n) is 16.4. The van der Waals surface area contributed by atoms with Gasteiger partial charge in [-0.05, 0) is 25.3 Å². The van der Waals surface area contributed by atoms with Gasteiger partial charge in [-0.3, -0.25) is 9.59 Å². The van der Waals surface area contributed by atoms with Crippen molar-refractivity contribution >= 4 is 11.9 Å². The summed E-state index contributed by atoms with van der Waals surface area (Å²) in [5.41, 5.74) is 1.13. The molecule has 1 saturated heterocycles. The number of esters is 2. The van der Waals surface area contributed by atoms with Gasteiger partial charge in [-0.1, -0.05) is 26.7 Å². The predicted octanol–water partition coefficient (Wildman–Crippen LogP) is 3.59. The lowest BCUT2D eigenvalue weighted by Gasteiger charge is -2.37. The molecule has 1 aromatic carbocycles. The van der Waals surface area contributed by atoms with E-state index in [1.54, 1.807) is 6.07 Å². The van der Waals surface area contributed by atoms with Crippen LogP contribution in [0.2, 0.25) is 0 Å². The van der Waals surface area contributed by atoms with Crippen molar-refractivity contribution in [1.82, 2.24) is 0 Å². The van der Waals surface area contributed by atoms with E-state index in [0.29, 0.717) is 30.4 Å². The lowest BCUT2D eigenvalue weighted by molar-refractivity contribution is -0.252. The fourth-order valence-electron chi connectivity index (χ4n) is 3.32. The van der Waals surface area contributed by atoms with Gasteiger partial charge in [0.2, 0.25) is 5.75 Å². The van der Waals surface area contributed by atoms with Crippen LogP contribution in [0.3, 0.4) is 0 Å². The normalized spacial score (nSPS) is 15.9. The van der Waals surface area contributed by atoms with Crippen molar-refractivity contribution in [2.75, 3.05) is 14.2 Å². The van der Waals surface area contributed by atoms with Crippen LogP contribution >= 0.6 is 0 Å². The fraction of sp³-hybridized carbons (Fsp3) is 0.600. The number of benzene rings is 1. The Kier molecular flexibility index (Phi) is 6.93. The first-order chi connectivity index (χ1) is 12.9. The molecule has 0 bridgehead atoms. The average Bonchev–Trinajstić information content (AvgIpc) is 2.63. The van der Waals surface area contributed by atoms with E-state index in [-0.39, 0.29) is 17.2 Å². The average molecular weight is 380 g/mol. The molecule has 27 heavy (non-hydrogen) atoms. The summed E-state index contributed by atoms with van der Waals surface area (Å²) in [6, 6.07) is 1.57. The number of hydrogen-bond donors (Lipinski definition) is 1. The minimum absolute atomic E-state index is 0.131. The first-order valence-electron chi connectivity index (χ1n) is 9.33. The summed E-state index contributed by atoms with van der Waals surface area (Å²) in [5.74, 6) is -2.53. The van der Waals surface area contributed by atoms with Crippen LogP contribution in [0.25, 0.3) is 0 Å². The second-order valence-corrected chi connectivity index (χ2v) is 6.57. The lowest BCUT2D eigenvalue weighted by Crippen LogP contribution is -2.43. The summed E-state index contributed by atoms with van der Waals surface area (Å²) < 4.78 is 21.9. The third kappa shape index (κ3) is 4.28. The molecular weight excluding hydrogens is 352 g/mol. The molecule has 1 heterocycles. The Labute approximate surface area is 159 Å². The van der Waals surface area contributed by atoms with Gasteiger partial charge in [0, 0.05) is 17.5 Å². The van der Waals surface area contributed by atoms with Crippen LogP contribution in [0.15, 0.2) is 6.07 Å². The quantitative estimate of drug-likeness (QED) is 0.517. The van der Waals surface area contributed by atoms with E-state index in [1.165, 1.54) is 14.2 Å². The Bertz CT molecular complexity index is 680. The molecule has 1 N–H and O–H groups in total. The van der Waals surface area contributed by atoms with Crippen LogP contribution in [0.5, 0.6) is 17.2 Å². The summed E-state index contributed by atoms with van der Waals surface area (Å²) in [7, 11) is 2.87. The summed E-state index contributed by atoms with van der Waals surface area (Å²) in [6.45, 7) is 4.04. The number of rotatable bonds is 9. The van der Waals surface area contributed by atoms with Crippen molar-refractivity contribution in [3.05, 3.63) is 17.2 Å². The molecule has 0 radical (unpaired) electrons. The standard InChI is InChI=1S/C20H28O7/c1-5-7-9-13-14(11-15(24-3)18(23)19(13)25-4)20(10-8-6-2)26-16(21)12-17(22)27-20/h11,23H,5-10,12H2,1-4H3. The number of phenols is 1. The van der Waals surface area contributed by atoms with Gasteiger partial charge in [-0.25, -0.2) is 0 Å². The molecule has 1 aromatic rings. The zero-order chi connectivity index (χ0) is 20.0. The highest BCUT2D eigenvalue weighted by atomic mass is 16.7. The molecule has 0 atom stereocenters. The number of cyclic esters (lactones) is 2. The van der Waals surface area contributed by atoms with Gasteiger partial charge >= 0.3 is 11.9 Å². The van der Waals surface area contributed by atoms with Crippen LogP contribution in [0.4, 0.5) is 0 Å². The number of ether oxygens (including phenoxy) is 4. The maximum Gasteiger partial charge on any atom is 0.320 e. The molecule has 0 aromatic heterocycles. The van der Waals surface area contributed by atoms with Crippen LogP contribution in [-0.4, -0.2) is 31.3 Å².